The number of allylic oxidation sites excluding steroid dienone is 1. The van der Waals surface area contributed by atoms with E-state index in [1.807, 2.05) is 60.4 Å². The zero-order valence-corrected chi connectivity index (χ0v) is 20.8. The van der Waals surface area contributed by atoms with E-state index in [1.165, 1.54) is 0 Å². The van der Waals surface area contributed by atoms with E-state index in [2.05, 4.69) is 26.1 Å². The van der Waals surface area contributed by atoms with Crippen molar-refractivity contribution >= 4 is 23.1 Å². The number of amides is 1. The molecule has 34 heavy (non-hydrogen) atoms. The Bertz CT molecular complexity index is 1080. The van der Waals surface area contributed by atoms with Crippen LogP contribution in [0.25, 0.3) is 0 Å². The monoisotopic (exact) mass is 460 g/mol. The highest BCUT2D eigenvalue weighted by atomic mass is 16.5. The number of nitrogens with one attached hydrogen (secondary N) is 1. The van der Waals surface area contributed by atoms with Crippen molar-refractivity contribution in [3.63, 3.8) is 0 Å². The molecule has 1 aliphatic carbocycles. The van der Waals surface area contributed by atoms with Crippen LogP contribution < -0.4 is 15.0 Å². The Kier molecular flexibility index (Phi) is 7.11. The second kappa shape index (κ2) is 10.0. The van der Waals surface area contributed by atoms with Crippen LogP contribution in [0.5, 0.6) is 5.75 Å². The van der Waals surface area contributed by atoms with Gasteiger partial charge in [-0.15, -0.1) is 0 Å². The third kappa shape index (κ3) is 4.89. The largest absolute Gasteiger partial charge is 0.494 e. The summed E-state index contributed by atoms with van der Waals surface area (Å²) in [5.74, 6) is 0.904. The fraction of sp³-hybridized carbons (Fsp3) is 0.448. The average Bonchev–Trinajstić information content (AvgIpc) is 2.95. The fourth-order valence-corrected chi connectivity index (χ4v) is 5.04. The molecule has 0 saturated carbocycles. The molecule has 0 aromatic heterocycles. The molecular weight excluding hydrogens is 424 g/mol. The summed E-state index contributed by atoms with van der Waals surface area (Å²) in [7, 11) is 0. The van der Waals surface area contributed by atoms with Crippen LogP contribution in [0.3, 0.4) is 0 Å². The Labute approximate surface area is 203 Å². The summed E-state index contributed by atoms with van der Waals surface area (Å²) in [6.07, 6.45) is 4.91. The summed E-state index contributed by atoms with van der Waals surface area (Å²) in [5, 5.41) is 3.55. The number of ketones is 1. The Morgan fingerprint density at radius 1 is 1.06 bits per heavy atom. The van der Waals surface area contributed by atoms with Gasteiger partial charge in [-0.1, -0.05) is 64.8 Å². The molecule has 0 saturated heterocycles. The van der Waals surface area contributed by atoms with Crippen LogP contribution in [0.2, 0.25) is 0 Å². The Morgan fingerprint density at radius 3 is 2.50 bits per heavy atom. The number of hydrogen-bond donors (Lipinski definition) is 1. The predicted molar refractivity (Wildman–Crippen MR) is 137 cm³/mol. The van der Waals surface area contributed by atoms with Gasteiger partial charge in [0.15, 0.2) is 5.78 Å². The van der Waals surface area contributed by atoms with Crippen molar-refractivity contribution in [2.24, 2.45) is 5.41 Å². The molecule has 2 aliphatic rings. The molecule has 0 bridgehead atoms. The van der Waals surface area contributed by atoms with Gasteiger partial charge in [0.05, 0.1) is 24.0 Å². The van der Waals surface area contributed by atoms with Gasteiger partial charge in [-0.2, -0.15) is 0 Å². The molecule has 1 aliphatic heterocycles. The number of fused-ring (bicyclic) bond motifs is 1. The van der Waals surface area contributed by atoms with E-state index in [9.17, 15) is 9.59 Å². The highest BCUT2D eigenvalue weighted by molar-refractivity contribution is 6.06. The normalized spacial score (nSPS) is 19.1. The summed E-state index contributed by atoms with van der Waals surface area (Å²) in [6.45, 7) is 8.99. The first-order chi connectivity index (χ1) is 16.3. The quantitative estimate of drug-likeness (QED) is 0.461. The second-order valence-electron chi connectivity index (χ2n) is 10.1. The number of carbonyl (C=O) groups is 2. The van der Waals surface area contributed by atoms with Crippen LogP contribution in [-0.4, -0.2) is 18.3 Å². The number of ether oxygens (including phenoxy) is 1. The van der Waals surface area contributed by atoms with Crippen molar-refractivity contribution in [2.75, 3.05) is 16.8 Å². The molecule has 1 N–H and O–H groups in total. The highest BCUT2D eigenvalue weighted by Gasteiger charge is 2.42. The molecule has 180 valence electrons. The number of unbranched alkanes of at least 4 members (excludes halogenated alkanes) is 2. The third-order valence-corrected chi connectivity index (χ3v) is 6.68. The van der Waals surface area contributed by atoms with E-state index in [0.29, 0.717) is 25.0 Å². The van der Waals surface area contributed by atoms with Crippen molar-refractivity contribution in [3.05, 3.63) is 65.4 Å². The first-order valence-electron chi connectivity index (χ1n) is 12.5. The molecule has 1 heterocycles. The number of anilines is 2. The van der Waals surface area contributed by atoms with Gasteiger partial charge in [0.25, 0.3) is 0 Å². The maximum atomic E-state index is 13.6. The summed E-state index contributed by atoms with van der Waals surface area (Å²) in [4.78, 5) is 28.8. The zero-order chi connectivity index (χ0) is 24.3. The van der Waals surface area contributed by atoms with Gasteiger partial charge in [-0.25, -0.2) is 0 Å². The second-order valence-corrected chi connectivity index (χ2v) is 10.1. The van der Waals surface area contributed by atoms with E-state index in [4.69, 9.17) is 4.74 Å². The lowest BCUT2D eigenvalue weighted by Crippen LogP contribution is -2.39. The van der Waals surface area contributed by atoms with Crippen molar-refractivity contribution < 1.29 is 14.3 Å². The van der Waals surface area contributed by atoms with E-state index < -0.39 is 6.04 Å². The van der Waals surface area contributed by atoms with Gasteiger partial charge in [0.1, 0.15) is 5.75 Å². The number of carbonyl (C=O) groups excluding carboxylic acids is 2. The van der Waals surface area contributed by atoms with E-state index in [1.54, 1.807) is 0 Å². The zero-order valence-electron chi connectivity index (χ0n) is 20.8. The molecule has 0 unspecified atom stereocenters. The van der Waals surface area contributed by atoms with Crippen molar-refractivity contribution in [1.82, 2.24) is 0 Å². The first kappa shape index (κ1) is 24.1. The molecule has 0 radical (unpaired) electrons. The van der Waals surface area contributed by atoms with Gasteiger partial charge in [-0.05, 0) is 48.1 Å². The average molecular weight is 461 g/mol. The smallest absolute Gasteiger partial charge is 0.227 e. The van der Waals surface area contributed by atoms with Crippen LogP contribution in [0.1, 0.15) is 77.8 Å². The lowest BCUT2D eigenvalue weighted by atomic mass is 9.73. The minimum absolute atomic E-state index is 0.00877. The Hall–Kier alpha value is -3.08. The van der Waals surface area contributed by atoms with Crippen molar-refractivity contribution in [2.45, 2.75) is 72.3 Å². The predicted octanol–water partition coefficient (Wildman–Crippen LogP) is 6.81. The molecule has 5 nitrogen and oxygen atoms in total. The van der Waals surface area contributed by atoms with Gasteiger partial charge in [0.2, 0.25) is 5.91 Å². The Balaban J connectivity index is 1.81. The number of rotatable bonds is 7. The molecule has 1 amide bonds. The van der Waals surface area contributed by atoms with Gasteiger partial charge in [-0.3, -0.25) is 14.5 Å². The molecule has 2 aromatic rings. The van der Waals surface area contributed by atoms with Crippen LogP contribution in [0, 0.1) is 5.41 Å². The topological polar surface area (TPSA) is 58.6 Å². The maximum Gasteiger partial charge on any atom is 0.227 e. The standard InChI is InChI=1S/C29H36N2O3/c1-5-7-10-17-34-21-15-13-20(14-16-21)28-27-23(18-29(3,4)19-25(27)32)30-22-11-8-9-12-24(22)31(28)26(33)6-2/h8-9,11-16,28,30H,5-7,10,17-19H2,1-4H3/t28-/m0/s1. The van der Waals surface area contributed by atoms with Crippen LogP contribution in [0.4, 0.5) is 11.4 Å². The molecule has 0 fully saturated rings. The Morgan fingerprint density at radius 2 is 1.79 bits per heavy atom. The van der Waals surface area contributed by atoms with Gasteiger partial charge in [0, 0.05) is 24.1 Å². The van der Waals surface area contributed by atoms with Crippen LogP contribution in [-0.2, 0) is 9.59 Å². The summed E-state index contributed by atoms with van der Waals surface area (Å²) in [5.41, 5.74) is 4.07. The lowest BCUT2D eigenvalue weighted by molar-refractivity contribution is -0.119. The molecule has 5 heteroatoms. The summed E-state index contributed by atoms with van der Waals surface area (Å²) < 4.78 is 5.91. The maximum absolute atomic E-state index is 13.6. The van der Waals surface area contributed by atoms with E-state index in [0.717, 1.165) is 54.1 Å². The SMILES string of the molecule is CCCCCOc1ccc([C@H]2C3=C(CC(C)(C)CC3=O)Nc3ccccc3N2C(=O)CC)cc1. The lowest BCUT2D eigenvalue weighted by Gasteiger charge is -2.37. The van der Waals surface area contributed by atoms with Gasteiger partial charge >= 0.3 is 0 Å². The number of nitrogens with zero attached hydrogens (tertiary/aromatic N) is 1. The van der Waals surface area contributed by atoms with E-state index in [-0.39, 0.29) is 17.1 Å². The fourth-order valence-electron chi connectivity index (χ4n) is 5.04. The van der Waals surface area contributed by atoms with Crippen molar-refractivity contribution in [3.8, 4) is 5.75 Å². The van der Waals surface area contributed by atoms with Crippen LogP contribution in [0.15, 0.2) is 59.8 Å². The molecule has 0 spiro atoms. The molecule has 4 rings (SSSR count). The number of para-hydroxylation sites is 2. The third-order valence-electron chi connectivity index (χ3n) is 6.68. The highest BCUT2D eigenvalue weighted by Crippen LogP contribution is 2.48. The molecular formula is C29H36N2O3. The minimum atomic E-state index is -0.476. The van der Waals surface area contributed by atoms with Gasteiger partial charge < -0.3 is 10.1 Å². The van der Waals surface area contributed by atoms with Crippen LogP contribution >= 0.6 is 0 Å². The summed E-state index contributed by atoms with van der Waals surface area (Å²) >= 11 is 0. The first-order valence-corrected chi connectivity index (χ1v) is 12.5. The number of benzene rings is 2. The molecule has 2 aromatic carbocycles. The van der Waals surface area contributed by atoms with E-state index >= 15 is 0 Å². The minimum Gasteiger partial charge on any atom is -0.494 e. The molecule has 1 atom stereocenters. The number of Topliss-reactive ketones (excluding diaryl/α,β-unsaturated/α-hetero) is 1. The number of hydrogen-bond acceptors (Lipinski definition) is 4. The summed E-state index contributed by atoms with van der Waals surface area (Å²) in [6, 6.07) is 15.3. The van der Waals surface area contributed by atoms with Crippen molar-refractivity contribution in [1.29, 1.82) is 0 Å².